The maximum atomic E-state index is 5.73. The molecule has 16 heavy (non-hydrogen) atoms. The Morgan fingerprint density at radius 3 is 3.06 bits per heavy atom. The number of hydrogen-bond acceptors (Lipinski definition) is 5. The normalized spacial score (nSPS) is 21.4. The topological polar surface area (TPSA) is 78.9 Å². The summed E-state index contributed by atoms with van der Waals surface area (Å²) >= 11 is 0. The van der Waals surface area contributed by atoms with Gasteiger partial charge in [-0.15, -0.1) is 0 Å². The molecule has 1 saturated heterocycles. The molecule has 3 heterocycles. The van der Waals surface area contributed by atoms with Crippen molar-refractivity contribution in [2.24, 2.45) is 0 Å². The molecule has 0 aromatic carbocycles. The highest BCUT2D eigenvalue weighted by Crippen LogP contribution is 2.26. The minimum atomic E-state index is 0.0352. The highest BCUT2D eigenvalue weighted by molar-refractivity contribution is 5.81. The van der Waals surface area contributed by atoms with Crippen LogP contribution in [-0.2, 0) is 4.74 Å². The molecule has 2 aromatic rings. The van der Waals surface area contributed by atoms with Crippen LogP contribution in [0.3, 0.4) is 0 Å². The first-order valence-electron chi connectivity index (χ1n) is 5.41. The maximum absolute atomic E-state index is 5.73. The second kappa shape index (κ2) is 3.71. The summed E-state index contributed by atoms with van der Waals surface area (Å²) in [7, 11) is 0. The summed E-state index contributed by atoms with van der Waals surface area (Å²) in [5, 5.41) is 0. The molecule has 3 rings (SSSR count). The SMILES string of the molecule is Nc1ncnc2c1ncn2C1CCCCO1. The van der Waals surface area contributed by atoms with E-state index in [-0.39, 0.29) is 6.23 Å². The van der Waals surface area contributed by atoms with Crippen molar-refractivity contribution in [2.75, 3.05) is 12.3 Å². The monoisotopic (exact) mass is 219 g/mol. The Labute approximate surface area is 92.5 Å². The molecule has 2 aromatic heterocycles. The van der Waals surface area contributed by atoms with Gasteiger partial charge in [-0.3, -0.25) is 4.57 Å². The van der Waals surface area contributed by atoms with E-state index in [9.17, 15) is 0 Å². The Bertz CT molecular complexity index is 503. The average molecular weight is 219 g/mol. The quantitative estimate of drug-likeness (QED) is 0.777. The van der Waals surface area contributed by atoms with Crippen molar-refractivity contribution in [3.63, 3.8) is 0 Å². The van der Waals surface area contributed by atoms with Crippen LogP contribution in [0, 0.1) is 0 Å². The van der Waals surface area contributed by atoms with Gasteiger partial charge in [0.05, 0.1) is 6.33 Å². The molecule has 2 N–H and O–H groups in total. The van der Waals surface area contributed by atoms with Gasteiger partial charge < -0.3 is 10.5 Å². The second-order valence-electron chi connectivity index (χ2n) is 3.90. The molecular formula is C10H13N5O. The van der Waals surface area contributed by atoms with E-state index < -0.39 is 0 Å². The van der Waals surface area contributed by atoms with Gasteiger partial charge in [0.1, 0.15) is 18.1 Å². The van der Waals surface area contributed by atoms with Crippen LogP contribution in [0.25, 0.3) is 11.2 Å². The van der Waals surface area contributed by atoms with Crippen LogP contribution < -0.4 is 5.73 Å². The number of nitrogens with zero attached hydrogens (tertiary/aromatic N) is 4. The number of nitrogen functional groups attached to an aromatic ring is 1. The second-order valence-corrected chi connectivity index (χ2v) is 3.90. The largest absolute Gasteiger partial charge is 0.382 e. The first-order valence-corrected chi connectivity index (χ1v) is 5.41. The Kier molecular flexibility index (Phi) is 2.21. The molecule has 84 valence electrons. The molecule has 6 heteroatoms. The van der Waals surface area contributed by atoms with Crippen molar-refractivity contribution in [1.29, 1.82) is 0 Å². The molecule has 0 radical (unpaired) electrons. The van der Waals surface area contributed by atoms with Crippen molar-refractivity contribution in [3.8, 4) is 0 Å². The van der Waals surface area contributed by atoms with E-state index in [1.165, 1.54) is 12.7 Å². The zero-order chi connectivity index (χ0) is 11.0. The number of fused-ring (bicyclic) bond motifs is 1. The number of aromatic nitrogens is 4. The Balaban J connectivity index is 2.06. The highest BCUT2D eigenvalue weighted by atomic mass is 16.5. The molecule has 1 fully saturated rings. The lowest BCUT2D eigenvalue weighted by molar-refractivity contribution is -0.0298. The van der Waals surface area contributed by atoms with E-state index in [1.807, 2.05) is 4.57 Å². The fourth-order valence-corrected chi connectivity index (χ4v) is 2.02. The van der Waals surface area contributed by atoms with Gasteiger partial charge in [0.25, 0.3) is 0 Å². The van der Waals surface area contributed by atoms with Gasteiger partial charge in [-0.05, 0) is 19.3 Å². The minimum absolute atomic E-state index is 0.0352. The zero-order valence-electron chi connectivity index (χ0n) is 8.83. The van der Waals surface area contributed by atoms with E-state index in [1.54, 1.807) is 6.33 Å². The third-order valence-corrected chi connectivity index (χ3v) is 2.85. The lowest BCUT2D eigenvalue weighted by Gasteiger charge is -2.23. The molecule has 1 atom stereocenters. The van der Waals surface area contributed by atoms with Crippen LogP contribution in [0.2, 0.25) is 0 Å². The molecule has 0 saturated carbocycles. The van der Waals surface area contributed by atoms with Gasteiger partial charge in [-0.2, -0.15) is 0 Å². The summed E-state index contributed by atoms with van der Waals surface area (Å²) in [6, 6.07) is 0. The van der Waals surface area contributed by atoms with Crippen LogP contribution in [0.5, 0.6) is 0 Å². The van der Waals surface area contributed by atoms with Gasteiger partial charge in [0.15, 0.2) is 11.5 Å². The number of hydrogen-bond donors (Lipinski definition) is 1. The van der Waals surface area contributed by atoms with Crippen LogP contribution in [-0.4, -0.2) is 26.1 Å². The summed E-state index contributed by atoms with van der Waals surface area (Å²) in [6.07, 6.45) is 6.51. The van der Waals surface area contributed by atoms with Crippen molar-refractivity contribution < 1.29 is 4.74 Å². The summed E-state index contributed by atoms with van der Waals surface area (Å²) in [5.41, 5.74) is 7.13. The number of rotatable bonds is 1. The molecular weight excluding hydrogens is 206 g/mol. The van der Waals surface area contributed by atoms with E-state index in [0.29, 0.717) is 11.3 Å². The lowest BCUT2D eigenvalue weighted by Crippen LogP contribution is -2.17. The molecule has 0 aliphatic carbocycles. The van der Waals surface area contributed by atoms with Gasteiger partial charge in [-0.1, -0.05) is 0 Å². The fraction of sp³-hybridized carbons (Fsp3) is 0.500. The third kappa shape index (κ3) is 1.42. The smallest absolute Gasteiger partial charge is 0.167 e. The van der Waals surface area contributed by atoms with Gasteiger partial charge in [0.2, 0.25) is 0 Å². The molecule has 1 aliphatic heterocycles. The summed E-state index contributed by atoms with van der Waals surface area (Å²) in [6.45, 7) is 0.797. The van der Waals surface area contributed by atoms with E-state index in [2.05, 4.69) is 15.0 Å². The van der Waals surface area contributed by atoms with Crippen molar-refractivity contribution in [3.05, 3.63) is 12.7 Å². The van der Waals surface area contributed by atoms with E-state index in [0.717, 1.165) is 25.1 Å². The molecule has 1 unspecified atom stereocenters. The predicted molar refractivity (Wildman–Crippen MR) is 58.6 cm³/mol. The predicted octanol–water partition coefficient (Wildman–Crippen LogP) is 1.11. The van der Waals surface area contributed by atoms with Crippen LogP contribution in [0.4, 0.5) is 5.82 Å². The van der Waals surface area contributed by atoms with Crippen molar-refractivity contribution in [1.82, 2.24) is 19.5 Å². The Hall–Kier alpha value is -1.69. The average Bonchev–Trinajstić information content (AvgIpc) is 2.75. The molecule has 1 aliphatic rings. The van der Waals surface area contributed by atoms with E-state index in [4.69, 9.17) is 10.5 Å². The van der Waals surface area contributed by atoms with Gasteiger partial charge in [-0.25, -0.2) is 15.0 Å². The van der Waals surface area contributed by atoms with Crippen LogP contribution in [0.1, 0.15) is 25.5 Å². The van der Waals surface area contributed by atoms with Crippen molar-refractivity contribution >= 4 is 17.0 Å². The van der Waals surface area contributed by atoms with Crippen LogP contribution in [0.15, 0.2) is 12.7 Å². The molecule has 0 amide bonds. The molecule has 6 nitrogen and oxygen atoms in total. The number of ether oxygens (including phenoxy) is 1. The minimum Gasteiger partial charge on any atom is -0.382 e. The molecule has 0 bridgehead atoms. The first-order chi connectivity index (χ1) is 7.86. The highest BCUT2D eigenvalue weighted by Gasteiger charge is 2.19. The summed E-state index contributed by atoms with van der Waals surface area (Å²) in [5.74, 6) is 0.416. The van der Waals surface area contributed by atoms with Crippen LogP contribution >= 0.6 is 0 Å². The Morgan fingerprint density at radius 1 is 1.31 bits per heavy atom. The first kappa shape index (κ1) is 9.53. The van der Waals surface area contributed by atoms with E-state index >= 15 is 0 Å². The van der Waals surface area contributed by atoms with Gasteiger partial charge >= 0.3 is 0 Å². The Morgan fingerprint density at radius 2 is 2.25 bits per heavy atom. The third-order valence-electron chi connectivity index (χ3n) is 2.85. The number of anilines is 1. The van der Waals surface area contributed by atoms with Gasteiger partial charge in [0, 0.05) is 6.61 Å². The summed E-state index contributed by atoms with van der Waals surface area (Å²) < 4.78 is 7.63. The number of imidazole rings is 1. The standard InChI is InChI=1S/C10H13N5O/c11-9-8-10(13-5-12-9)15(6-14-8)7-3-1-2-4-16-7/h5-7H,1-4H2,(H2,11,12,13). The number of nitrogens with two attached hydrogens (primary N) is 1. The maximum Gasteiger partial charge on any atom is 0.167 e. The summed E-state index contributed by atoms with van der Waals surface area (Å²) in [4.78, 5) is 12.3. The molecule has 0 spiro atoms. The fourth-order valence-electron chi connectivity index (χ4n) is 2.02. The van der Waals surface area contributed by atoms with Crippen molar-refractivity contribution in [2.45, 2.75) is 25.5 Å². The lowest BCUT2D eigenvalue weighted by atomic mass is 10.2. The zero-order valence-corrected chi connectivity index (χ0v) is 8.83.